The first-order chi connectivity index (χ1) is 21.8. The second-order valence-corrected chi connectivity index (χ2v) is 11.2. The van der Waals surface area contributed by atoms with Crippen molar-refractivity contribution in [3.05, 3.63) is 106 Å². The van der Waals surface area contributed by atoms with E-state index in [1.807, 2.05) is 61.2 Å². The molecule has 0 aliphatic heterocycles. The van der Waals surface area contributed by atoms with E-state index in [0.29, 0.717) is 18.5 Å². The molecule has 0 radical (unpaired) electrons. The van der Waals surface area contributed by atoms with Crippen molar-refractivity contribution in [1.29, 1.82) is 0 Å². The van der Waals surface area contributed by atoms with E-state index < -0.39 is 29.8 Å². The lowest BCUT2D eigenvalue weighted by atomic mass is 9.98. The second-order valence-electron chi connectivity index (χ2n) is 11.2. The highest BCUT2D eigenvalue weighted by Crippen LogP contribution is 2.13. The van der Waals surface area contributed by atoms with Crippen LogP contribution < -0.4 is 10.6 Å². The first kappa shape index (κ1) is 39.9. The fraction of sp³-hybridized carbons (Fsp3) is 0.417. The van der Waals surface area contributed by atoms with Crippen LogP contribution in [0.3, 0.4) is 0 Å². The average molecular weight is 642 g/mol. The van der Waals surface area contributed by atoms with Crippen LogP contribution in [0.25, 0.3) is 0 Å². The van der Waals surface area contributed by atoms with E-state index in [1.54, 1.807) is 6.92 Å². The number of amides is 3. The molecule has 0 spiro atoms. The van der Waals surface area contributed by atoms with E-state index in [2.05, 4.69) is 30.5 Å². The predicted octanol–water partition coefficient (Wildman–Crippen LogP) is 5.25. The highest BCUT2D eigenvalue weighted by molar-refractivity contribution is 5.94. The molecule has 3 atom stereocenters. The van der Waals surface area contributed by atoms with Crippen LogP contribution in [0.15, 0.2) is 66.7 Å². The van der Waals surface area contributed by atoms with Gasteiger partial charge in [0.1, 0.15) is 11.6 Å². The molecule has 3 rings (SSSR count). The Kier molecular flexibility index (Phi) is 18.7. The fourth-order valence-electron chi connectivity index (χ4n) is 4.55. The molecule has 3 amide bonds. The van der Waals surface area contributed by atoms with Gasteiger partial charge in [0.05, 0.1) is 18.1 Å². The van der Waals surface area contributed by atoms with Gasteiger partial charge in [-0.1, -0.05) is 68.3 Å². The molecule has 3 aromatic carbocycles. The second kappa shape index (κ2) is 21.6. The molecule has 0 aromatic heterocycles. The van der Waals surface area contributed by atoms with Crippen molar-refractivity contribution in [3.63, 3.8) is 0 Å². The summed E-state index contributed by atoms with van der Waals surface area (Å²) >= 11 is 0. The van der Waals surface area contributed by atoms with Gasteiger partial charge < -0.3 is 25.7 Å². The van der Waals surface area contributed by atoms with Crippen LogP contribution in [-0.2, 0) is 16.1 Å². The summed E-state index contributed by atoms with van der Waals surface area (Å²) < 4.78 is 24.4. The van der Waals surface area contributed by atoms with Crippen molar-refractivity contribution >= 4 is 18.2 Å². The Morgan fingerprint density at radius 2 is 1.37 bits per heavy atom. The minimum absolute atomic E-state index is 0.0963. The standard InChI is InChI=1S/C15H23NO.C14H20N2O4.C7H6F2/c1-5-7-16(8-6-2)15(17)14-10-12(3)9-13(4)11-14;1-10(13(19)12(18)8-15-9-17)14(20)16-7-11-5-3-2-4-6-11;1-5-2-6(8)4-7(9)3-5/h9-11H,5-8H2,1-4H3;2-6,9-10,12-13,18-19H,7-8H2,1H3,(H,15,17)(H,16,20);2-4H,1H3. The van der Waals surface area contributed by atoms with Crippen molar-refractivity contribution in [2.45, 2.75) is 73.1 Å². The average Bonchev–Trinajstić information content (AvgIpc) is 3.01. The first-order valence-electron chi connectivity index (χ1n) is 15.5. The van der Waals surface area contributed by atoms with Gasteiger partial charge >= 0.3 is 0 Å². The lowest BCUT2D eigenvalue weighted by Gasteiger charge is -2.23. The SMILES string of the molecule is CC(C(=O)NCc1ccccc1)C(O)C(O)CNC=O.CCCN(CCC)C(=O)c1cc(C)cc(C)c1.Cc1cc(F)cc(F)c1. The molecular formula is C36H49F2N3O5. The maximum absolute atomic E-state index is 12.4. The molecule has 10 heteroatoms. The maximum Gasteiger partial charge on any atom is 0.253 e. The lowest BCUT2D eigenvalue weighted by molar-refractivity contribution is -0.131. The summed E-state index contributed by atoms with van der Waals surface area (Å²) in [6.07, 6.45) is 0.0271. The number of halogens is 2. The van der Waals surface area contributed by atoms with Crippen molar-refractivity contribution in [3.8, 4) is 0 Å². The minimum atomic E-state index is -1.24. The largest absolute Gasteiger partial charge is 0.390 e. The van der Waals surface area contributed by atoms with Gasteiger partial charge in [0.15, 0.2) is 0 Å². The monoisotopic (exact) mass is 641 g/mol. The Morgan fingerprint density at radius 3 is 1.85 bits per heavy atom. The van der Waals surface area contributed by atoms with Gasteiger partial charge in [-0.2, -0.15) is 0 Å². The molecule has 8 nitrogen and oxygen atoms in total. The number of carbonyl (C=O) groups excluding carboxylic acids is 3. The van der Waals surface area contributed by atoms with Gasteiger partial charge in [-0.15, -0.1) is 0 Å². The molecule has 0 fully saturated rings. The van der Waals surface area contributed by atoms with E-state index in [-0.39, 0.29) is 18.4 Å². The number of aliphatic hydroxyl groups is 2. The van der Waals surface area contributed by atoms with Crippen LogP contribution in [0.4, 0.5) is 8.78 Å². The van der Waals surface area contributed by atoms with Crippen molar-refractivity contribution in [2.24, 2.45) is 5.92 Å². The zero-order chi connectivity index (χ0) is 34.6. The first-order valence-corrected chi connectivity index (χ1v) is 15.5. The zero-order valence-electron chi connectivity index (χ0n) is 27.7. The number of hydrogen-bond acceptors (Lipinski definition) is 5. The van der Waals surface area contributed by atoms with E-state index in [4.69, 9.17) is 0 Å². The number of aryl methyl sites for hydroxylation is 3. The van der Waals surface area contributed by atoms with Crippen LogP contribution in [-0.4, -0.2) is 65.2 Å². The molecule has 0 bridgehead atoms. The topological polar surface area (TPSA) is 119 Å². The third-order valence-electron chi connectivity index (χ3n) is 6.79. The lowest BCUT2D eigenvalue weighted by Crippen LogP contribution is -2.45. The fourth-order valence-corrected chi connectivity index (χ4v) is 4.55. The minimum Gasteiger partial charge on any atom is -0.390 e. The summed E-state index contributed by atoms with van der Waals surface area (Å²) in [5, 5.41) is 24.4. The molecule has 0 aliphatic carbocycles. The number of benzene rings is 3. The molecule has 4 N–H and O–H groups in total. The van der Waals surface area contributed by atoms with Crippen LogP contribution in [0.1, 0.15) is 66.2 Å². The van der Waals surface area contributed by atoms with E-state index >= 15 is 0 Å². The number of nitrogens with zero attached hydrogens (tertiary/aromatic N) is 1. The highest BCUT2D eigenvalue weighted by atomic mass is 19.1. The van der Waals surface area contributed by atoms with Gasteiger partial charge in [0.25, 0.3) is 5.91 Å². The molecule has 0 aliphatic rings. The Hall–Kier alpha value is -4.15. The summed E-state index contributed by atoms with van der Waals surface area (Å²) in [7, 11) is 0. The molecule has 46 heavy (non-hydrogen) atoms. The van der Waals surface area contributed by atoms with Crippen LogP contribution in [0.2, 0.25) is 0 Å². The molecule has 0 saturated heterocycles. The van der Waals surface area contributed by atoms with E-state index in [9.17, 15) is 33.4 Å². The normalized spacial score (nSPS) is 12.2. The van der Waals surface area contributed by atoms with Gasteiger partial charge in [-0.3, -0.25) is 14.4 Å². The maximum atomic E-state index is 12.4. The van der Waals surface area contributed by atoms with E-state index in [1.165, 1.54) is 19.1 Å². The van der Waals surface area contributed by atoms with Crippen LogP contribution >= 0.6 is 0 Å². The van der Waals surface area contributed by atoms with Crippen molar-refractivity contribution in [2.75, 3.05) is 19.6 Å². The van der Waals surface area contributed by atoms with E-state index in [0.717, 1.165) is 54.3 Å². The Bertz CT molecular complexity index is 1280. The van der Waals surface area contributed by atoms with Crippen LogP contribution in [0, 0.1) is 38.3 Å². The summed E-state index contributed by atoms with van der Waals surface area (Å²) in [5.41, 5.74) is 4.69. The van der Waals surface area contributed by atoms with Gasteiger partial charge in [0.2, 0.25) is 12.3 Å². The number of rotatable bonds is 13. The van der Waals surface area contributed by atoms with Gasteiger partial charge in [0, 0.05) is 37.8 Å². The summed E-state index contributed by atoms with van der Waals surface area (Å²) in [5.74, 6) is -2.01. The molecule has 252 valence electrons. The molecule has 0 saturated carbocycles. The quantitative estimate of drug-likeness (QED) is 0.190. The third kappa shape index (κ3) is 15.2. The third-order valence-corrected chi connectivity index (χ3v) is 6.79. The van der Waals surface area contributed by atoms with Crippen molar-refractivity contribution < 1.29 is 33.4 Å². The summed E-state index contributed by atoms with van der Waals surface area (Å²) in [4.78, 5) is 36.3. The number of hydrogen-bond donors (Lipinski definition) is 4. The Morgan fingerprint density at radius 1 is 0.848 bits per heavy atom. The zero-order valence-corrected chi connectivity index (χ0v) is 27.7. The molecule has 3 unspecified atom stereocenters. The Balaban J connectivity index is 0.000000368. The number of carbonyl (C=O) groups is 3. The predicted molar refractivity (Wildman–Crippen MR) is 177 cm³/mol. The summed E-state index contributed by atoms with van der Waals surface area (Å²) in [6, 6.07) is 18.9. The van der Waals surface area contributed by atoms with Gasteiger partial charge in [-0.05, 0) is 69.0 Å². The van der Waals surface area contributed by atoms with Gasteiger partial charge in [-0.25, -0.2) is 8.78 Å². The van der Waals surface area contributed by atoms with Crippen molar-refractivity contribution in [1.82, 2.24) is 15.5 Å². The Labute approximate surface area is 271 Å². The molecular weight excluding hydrogens is 592 g/mol. The number of aliphatic hydroxyl groups excluding tert-OH is 2. The smallest absolute Gasteiger partial charge is 0.253 e. The highest BCUT2D eigenvalue weighted by Gasteiger charge is 2.27. The summed E-state index contributed by atoms with van der Waals surface area (Å²) in [6.45, 7) is 13.4. The molecule has 3 aromatic rings. The van der Waals surface area contributed by atoms with Crippen LogP contribution in [0.5, 0.6) is 0 Å². The number of nitrogens with one attached hydrogen (secondary N) is 2. The molecule has 0 heterocycles.